The van der Waals surface area contributed by atoms with E-state index in [4.69, 9.17) is 10.00 Å². The van der Waals surface area contributed by atoms with Gasteiger partial charge in [0.05, 0.1) is 6.07 Å². The predicted molar refractivity (Wildman–Crippen MR) is 117 cm³/mol. The maximum atomic E-state index is 12.5. The summed E-state index contributed by atoms with van der Waals surface area (Å²) in [5.74, 6) is 0.384. The van der Waals surface area contributed by atoms with Gasteiger partial charge in [0.25, 0.3) is 5.91 Å². The molecule has 1 fully saturated rings. The number of carbonyl (C=O) groups is 1. The highest BCUT2D eigenvalue weighted by molar-refractivity contribution is 5.81. The van der Waals surface area contributed by atoms with Crippen molar-refractivity contribution in [2.75, 3.05) is 37.6 Å². The van der Waals surface area contributed by atoms with Gasteiger partial charge in [-0.3, -0.25) is 4.79 Å². The summed E-state index contributed by atoms with van der Waals surface area (Å²) >= 11 is 0. The first-order valence-electron chi connectivity index (χ1n) is 10.4. The lowest BCUT2D eigenvalue weighted by Gasteiger charge is -2.29. The average molecular weight is 408 g/mol. The van der Waals surface area contributed by atoms with E-state index >= 15 is 0 Å². The number of hydrogen-bond donors (Lipinski definition) is 2. The fourth-order valence-electron chi connectivity index (χ4n) is 3.49. The summed E-state index contributed by atoms with van der Waals surface area (Å²) in [6, 6.07) is 14.1. The van der Waals surface area contributed by atoms with Gasteiger partial charge in [0, 0.05) is 43.6 Å². The summed E-state index contributed by atoms with van der Waals surface area (Å²) in [6.45, 7) is 8.00. The van der Waals surface area contributed by atoms with Crippen LogP contribution in [0.25, 0.3) is 11.1 Å². The second-order valence-electron chi connectivity index (χ2n) is 7.75. The van der Waals surface area contributed by atoms with Gasteiger partial charge in [-0.2, -0.15) is 5.26 Å². The zero-order valence-corrected chi connectivity index (χ0v) is 17.6. The smallest absolute Gasteiger partial charge is 0.261 e. The number of benzene rings is 1. The molecule has 1 amide bonds. The quantitative estimate of drug-likeness (QED) is 0.654. The number of nitrogens with zero attached hydrogens (tertiary/aromatic N) is 3. The van der Waals surface area contributed by atoms with Crippen LogP contribution in [0.15, 0.2) is 42.6 Å². The first kappa shape index (κ1) is 21.6. The summed E-state index contributed by atoms with van der Waals surface area (Å²) in [4.78, 5) is 19.2. The molecule has 30 heavy (non-hydrogen) atoms. The van der Waals surface area contributed by atoms with Crippen molar-refractivity contribution in [1.82, 2.24) is 15.6 Å². The topological polar surface area (TPSA) is 90.3 Å². The Morgan fingerprint density at radius 2 is 2.00 bits per heavy atom. The number of carbonyl (C=O) groups excluding carboxylic acids is 1. The molecule has 2 N–H and O–H groups in total. The maximum Gasteiger partial charge on any atom is 0.261 e. The van der Waals surface area contributed by atoms with E-state index in [-0.39, 0.29) is 18.4 Å². The molecule has 1 aliphatic heterocycles. The Bertz CT molecular complexity index is 870. The van der Waals surface area contributed by atoms with Gasteiger partial charge in [0.1, 0.15) is 6.54 Å². The molecule has 2 aromatic rings. The third-order valence-corrected chi connectivity index (χ3v) is 5.01. The summed E-state index contributed by atoms with van der Waals surface area (Å²) in [5.41, 5.74) is 3.02. The van der Waals surface area contributed by atoms with Crippen molar-refractivity contribution in [2.24, 2.45) is 5.92 Å². The van der Waals surface area contributed by atoms with E-state index < -0.39 is 6.10 Å². The number of anilines is 1. The number of pyridine rings is 1. The number of piperazine rings is 1. The number of rotatable bonds is 8. The Morgan fingerprint density at radius 3 is 2.67 bits per heavy atom. The van der Waals surface area contributed by atoms with Gasteiger partial charge in [0.2, 0.25) is 5.88 Å². The molecule has 7 nitrogen and oxygen atoms in total. The number of aromatic nitrogens is 1. The molecule has 1 aromatic heterocycles. The van der Waals surface area contributed by atoms with E-state index in [1.54, 1.807) is 6.20 Å². The molecule has 1 aliphatic rings. The second kappa shape index (κ2) is 10.6. The Hall–Kier alpha value is -3.11. The molecule has 0 spiro atoms. The summed E-state index contributed by atoms with van der Waals surface area (Å²) in [7, 11) is 0. The summed E-state index contributed by atoms with van der Waals surface area (Å²) in [6.07, 6.45) is 1.50. The lowest BCUT2D eigenvalue weighted by molar-refractivity contribution is -0.128. The third-order valence-electron chi connectivity index (χ3n) is 5.01. The lowest BCUT2D eigenvalue weighted by atomic mass is 10.0. The van der Waals surface area contributed by atoms with Gasteiger partial charge >= 0.3 is 0 Å². The molecule has 0 bridgehead atoms. The van der Waals surface area contributed by atoms with E-state index in [9.17, 15) is 4.79 Å². The van der Waals surface area contributed by atoms with Crippen molar-refractivity contribution in [3.05, 3.63) is 42.6 Å². The van der Waals surface area contributed by atoms with Crippen molar-refractivity contribution in [3.8, 4) is 23.1 Å². The molecule has 158 valence electrons. The predicted octanol–water partition coefficient (Wildman–Crippen LogP) is 2.59. The minimum Gasteiger partial charge on any atom is -0.464 e. The molecule has 0 radical (unpaired) electrons. The summed E-state index contributed by atoms with van der Waals surface area (Å²) in [5, 5.41) is 14.7. The van der Waals surface area contributed by atoms with Gasteiger partial charge in [-0.15, -0.1) is 0 Å². The van der Waals surface area contributed by atoms with E-state index in [1.165, 1.54) is 5.69 Å². The molecule has 1 aromatic carbocycles. The van der Waals surface area contributed by atoms with Crippen LogP contribution in [0.4, 0.5) is 5.69 Å². The molecule has 1 saturated heterocycles. The Kier molecular flexibility index (Phi) is 7.63. The van der Waals surface area contributed by atoms with Crippen LogP contribution in [0.1, 0.15) is 20.3 Å². The highest BCUT2D eigenvalue weighted by Crippen LogP contribution is 2.31. The molecule has 2 heterocycles. The van der Waals surface area contributed by atoms with Crippen molar-refractivity contribution < 1.29 is 9.53 Å². The van der Waals surface area contributed by atoms with E-state index in [1.807, 2.05) is 32.0 Å². The zero-order valence-electron chi connectivity index (χ0n) is 17.6. The van der Waals surface area contributed by atoms with Crippen LogP contribution in [-0.2, 0) is 4.79 Å². The molecule has 0 aliphatic carbocycles. The number of nitrogens with one attached hydrogen (secondary N) is 2. The molecule has 0 saturated carbocycles. The van der Waals surface area contributed by atoms with E-state index in [2.05, 4.69) is 44.8 Å². The summed E-state index contributed by atoms with van der Waals surface area (Å²) < 4.78 is 6.07. The maximum absolute atomic E-state index is 12.5. The minimum atomic E-state index is -0.702. The molecule has 1 atom stereocenters. The Labute approximate surface area is 178 Å². The van der Waals surface area contributed by atoms with Gasteiger partial charge in [-0.05, 0) is 42.2 Å². The molecule has 3 rings (SSSR count). The lowest BCUT2D eigenvalue weighted by Crippen LogP contribution is -2.43. The highest BCUT2D eigenvalue weighted by Gasteiger charge is 2.23. The van der Waals surface area contributed by atoms with Crippen molar-refractivity contribution in [2.45, 2.75) is 26.4 Å². The number of nitriles is 1. The van der Waals surface area contributed by atoms with Gasteiger partial charge in [-0.25, -0.2) is 4.98 Å². The van der Waals surface area contributed by atoms with E-state index in [0.29, 0.717) is 12.3 Å². The van der Waals surface area contributed by atoms with Gasteiger partial charge in [0.15, 0.2) is 6.10 Å². The van der Waals surface area contributed by atoms with Crippen LogP contribution in [0.5, 0.6) is 5.88 Å². The zero-order chi connectivity index (χ0) is 21.3. The minimum absolute atomic E-state index is 0.0423. The van der Waals surface area contributed by atoms with Gasteiger partial charge in [-0.1, -0.05) is 26.0 Å². The molecule has 1 unspecified atom stereocenters. The third kappa shape index (κ3) is 5.71. The molecular weight excluding hydrogens is 378 g/mol. The number of ether oxygens (including phenoxy) is 1. The van der Waals surface area contributed by atoms with Gasteiger partial charge < -0.3 is 20.3 Å². The van der Waals surface area contributed by atoms with Crippen LogP contribution >= 0.6 is 0 Å². The van der Waals surface area contributed by atoms with E-state index in [0.717, 1.165) is 37.3 Å². The van der Waals surface area contributed by atoms with Crippen LogP contribution in [-0.4, -0.2) is 49.7 Å². The SMILES string of the molecule is CC(C)CC(Oc1ncccc1-c1ccc(N2CCNCC2)cc1)C(=O)NCC#N. The van der Waals surface area contributed by atoms with Crippen molar-refractivity contribution >= 4 is 11.6 Å². The van der Waals surface area contributed by atoms with Crippen LogP contribution in [0, 0.1) is 17.2 Å². The van der Waals surface area contributed by atoms with Crippen molar-refractivity contribution in [3.63, 3.8) is 0 Å². The first-order valence-corrected chi connectivity index (χ1v) is 10.4. The highest BCUT2D eigenvalue weighted by atomic mass is 16.5. The number of hydrogen-bond acceptors (Lipinski definition) is 6. The van der Waals surface area contributed by atoms with Crippen molar-refractivity contribution in [1.29, 1.82) is 5.26 Å². The Balaban J connectivity index is 1.80. The standard InChI is InChI=1S/C23H29N5O2/c1-17(2)16-21(22(29)26-11-9-24)30-23-20(4-3-10-27-23)18-5-7-19(8-6-18)28-14-12-25-13-15-28/h3-8,10,17,21,25H,11-16H2,1-2H3,(H,26,29). The molecular formula is C23H29N5O2. The monoisotopic (exact) mass is 407 g/mol. The van der Waals surface area contributed by atoms with Crippen LogP contribution in [0.3, 0.4) is 0 Å². The largest absolute Gasteiger partial charge is 0.464 e. The Morgan fingerprint density at radius 1 is 1.27 bits per heavy atom. The number of amides is 1. The molecule has 7 heteroatoms. The second-order valence-corrected chi connectivity index (χ2v) is 7.75. The fraction of sp³-hybridized carbons (Fsp3) is 0.435. The first-order chi connectivity index (χ1) is 14.6. The van der Waals surface area contributed by atoms with Crippen LogP contribution in [0.2, 0.25) is 0 Å². The fourth-order valence-corrected chi connectivity index (χ4v) is 3.49. The van der Waals surface area contributed by atoms with Crippen LogP contribution < -0.4 is 20.3 Å². The average Bonchev–Trinajstić information content (AvgIpc) is 2.78. The normalized spacial score (nSPS) is 14.8.